The third-order valence-electron chi connectivity index (χ3n) is 9.79. The first kappa shape index (κ1) is 17.3. The summed E-state index contributed by atoms with van der Waals surface area (Å²) in [5.41, 5.74) is 2.52. The molecular formula is C50H30O. The van der Waals surface area contributed by atoms with Gasteiger partial charge in [0.2, 0.25) is 0 Å². The van der Waals surface area contributed by atoms with Gasteiger partial charge in [-0.25, -0.2) is 0 Å². The molecule has 1 heteroatoms. The number of furan rings is 1. The van der Waals surface area contributed by atoms with Crippen LogP contribution in [-0.4, -0.2) is 0 Å². The lowest BCUT2D eigenvalue weighted by Gasteiger charge is -2.20. The molecule has 236 valence electrons. The van der Waals surface area contributed by atoms with Crippen molar-refractivity contribution in [3.05, 3.63) is 182 Å². The zero-order valence-electron chi connectivity index (χ0n) is 41.6. The van der Waals surface area contributed by atoms with E-state index in [2.05, 4.69) is 0 Å². The molecule has 0 bridgehead atoms. The maximum Gasteiger partial charge on any atom is 0.136 e. The molecule has 0 saturated heterocycles. The van der Waals surface area contributed by atoms with Gasteiger partial charge < -0.3 is 4.42 Å². The van der Waals surface area contributed by atoms with Crippen molar-refractivity contribution in [2.75, 3.05) is 0 Å². The Balaban J connectivity index is 1.36. The SMILES string of the molecule is [2H]c1c([2H])c([2H])c2c(-c3c4c([2H])c([2H])c([2H])c([2H])c4c(-c4cccc5ccc(-c6cccc7oc8ccc9ccccc9c8c67)cc45)c4c([2H])c([2H])c([2H])c([2H])c34)c([2H])c([2H])c([2H])c2c1[2H]. The van der Waals surface area contributed by atoms with Crippen LogP contribution in [0, 0.1) is 0 Å². The third-order valence-corrected chi connectivity index (χ3v) is 9.79. The van der Waals surface area contributed by atoms with Crippen molar-refractivity contribution >= 4 is 75.8 Å². The topological polar surface area (TPSA) is 13.1 Å². The zero-order valence-corrected chi connectivity index (χ0v) is 26.6. The summed E-state index contributed by atoms with van der Waals surface area (Å²) in [6.45, 7) is 0. The molecule has 0 atom stereocenters. The van der Waals surface area contributed by atoms with Gasteiger partial charge in [-0.1, -0.05) is 163 Å². The Hall–Kier alpha value is -6.70. The van der Waals surface area contributed by atoms with Crippen LogP contribution in [-0.2, 0) is 0 Å². The highest BCUT2D eigenvalue weighted by Crippen LogP contribution is 2.47. The maximum absolute atomic E-state index is 9.57. The molecule has 0 unspecified atom stereocenters. The molecule has 11 aromatic rings. The second-order valence-corrected chi connectivity index (χ2v) is 12.4. The van der Waals surface area contributed by atoms with E-state index in [-0.39, 0.29) is 32.7 Å². The molecule has 11 rings (SSSR count). The van der Waals surface area contributed by atoms with Gasteiger partial charge in [0.1, 0.15) is 11.2 Å². The van der Waals surface area contributed by atoms with Crippen molar-refractivity contribution in [2.24, 2.45) is 0 Å². The summed E-state index contributed by atoms with van der Waals surface area (Å²) in [7, 11) is 0. The summed E-state index contributed by atoms with van der Waals surface area (Å²) < 4.78 is 142. The lowest BCUT2D eigenvalue weighted by atomic mass is 9.83. The Morgan fingerprint density at radius 2 is 0.941 bits per heavy atom. The highest BCUT2D eigenvalue weighted by Gasteiger charge is 2.20. The number of hydrogen-bond acceptors (Lipinski definition) is 1. The van der Waals surface area contributed by atoms with Crippen molar-refractivity contribution in [1.82, 2.24) is 0 Å². The zero-order chi connectivity index (χ0) is 46.5. The molecule has 0 spiro atoms. The number of benzene rings is 10. The lowest BCUT2D eigenvalue weighted by molar-refractivity contribution is 0.669. The molecule has 0 aliphatic heterocycles. The van der Waals surface area contributed by atoms with Crippen LogP contribution in [0.2, 0.25) is 0 Å². The number of rotatable bonds is 3. The first-order valence-corrected chi connectivity index (χ1v) is 16.4. The first-order chi connectivity index (χ1) is 31.5. The van der Waals surface area contributed by atoms with Gasteiger partial charge in [-0.05, 0) is 105 Å². The normalized spacial score (nSPS) is 16.0. The second-order valence-electron chi connectivity index (χ2n) is 12.4. The fourth-order valence-electron chi connectivity index (χ4n) is 7.63. The van der Waals surface area contributed by atoms with E-state index in [0.29, 0.717) is 27.5 Å². The number of hydrogen-bond donors (Lipinski definition) is 0. The maximum atomic E-state index is 9.57. The molecule has 0 radical (unpaired) electrons. The van der Waals surface area contributed by atoms with E-state index in [1.165, 1.54) is 0 Å². The fourth-order valence-corrected chi connectivity index (χ4v) is 7.63. The fraction of sp³-hybridized carbons (Fsp3) is 0. The van der Waals surface area contributed by atoms with Crippen LogP contribution in [0.1, 0.15) is 20.6 Å². The Morgan fingerprint density at radius 3 is 1.75 bits per heavy atom. The molecule has 1 nitrogen and oxygen atoms in total. The molecule has 0 aliphatic carbocycles. The standard InChI is InChI=1S/C50H30O/c1-3-16-35-31(12-1)14-9-23-38(35)47-39-18-5-7-20-41(39)48(42-21-8-6-19-40(42)47)43-24-10-15-33-26-27-34(30-44(33)43)37-22-11-25-45-50(37)49-36-17-4-2-13-32(36)28-29-46(49)51-45/h1-30H/i1D,3D,5D,6D,7D,8D,9D,12D,14D,16D,18D,19D,20D,21D,23D. The lowest BCUT2D eigenvalue weighted by Crippen LogP contribution is -1.92. The van der Waals surface area contributed by atoms with Gasteiger partial charge in [-0.3, -0.25) is 0 Å². The highest BCUT2D eigenvalue weighted by atomic mass is 16.3. The minimum absolute atomic E-state index is 0.0319. The first-order valence-electron chi connectivity index (χ1n) is 23.9. The van der Waals surface area contributed by atoms with Gasteiger partial charge in [0.25, 0.3) is 0 Å². The molecule has 51 heavy (non-hydrogen) atoms. The predicted molar refractivity (Wildman–Crippen MR) is 218 cm³/mol. The van der Waals surface area contributed by atoms with Crippen LogP contribution in [0.4, 0.5) is 0 Å². The van der Waals surface area contributed by atoms with Crippen molar-refractivity contribution in [3.8, 4) is 33.4 Å². The monoisotopic (exact) mass is 661 g/mol. The van der Waals surface area contributed by atoms with Gasteiger partial charge in [-0.2, -0.15) is 0 Å². The van der Waals surface area contributed by atoms with Crippen LogP contribution in [0.3, 0.4) is 0 Å². The molecule has 0 saturated carbocycles. The van der Waals surface area contributed by atoms with E-state index in [1.807, 2.05) is 78.9 Å². The van der Waals surface area contributed by atoms with Gasteiger partial charge in [0.15, 0.2) is 0 Å². The van der Waals surface area contributed by atoms with Crippen molar-refractivity contribution in [3.63, 3.8) is 0 Å². The highest BCUT2D eigenvalue weighted by molar-refractivity contribution is 6.26. The smallest absolute Gasteiger partial charge is 0.136 e. The van der Waals surface area contributed by atoms with Crippen LogP contribution in [0.15, 0.2) is 186 Å². The molecule has 1 heterocycles. The Kier molecular flexibility index (Phi) is 3.70. The van der Waals surface area contributed by atoms with Crippen molar-refractivity contribution in [2.45, 2.75) is 0 Å². The minimum atomic E-state index is -0.760. The summed E-state index contributed by atoms with van der Waals surface area (Å²) in [4.78, 5) is 0. The molecule has 0 amide bonds. The summed E-state index contributed by atoms with van der Waals surface area (Å²) in [5, 5.41) is 3.26. The van der Waals surface area contributed by atoms with Gasteiger partial charge >= 0.3 is 0 Å². The van der Waals surface area contributed by atoms with E-state index >= 15 is 0 Å². The summed E-state index contributed by atoms with van der Waals surface area (Å²) in [6, 6.07) is 18.6. The van der Waals surface area contributed by atoms with E-state index in [4.69, 9.17) is 18.1 Å². The van der Waals surface area contributed by atoms with Crippen LogP contribution in [0.25, 0.3) is 109 Å². The van der Waals surface area contributed by atoms with Crippen LogP contribution >= 0.6 is 0 Å². The van der Waals surface area contributed by atoms with E-state index in [1.54, 1.807) is 12.1 Å². The minimum Gasteiger partial charge on any atom is -0.456 e. The van der Waals surface area contributed by atoms with Gasteiger partial charge in [0.05, 0.1) is 20.6 Å². The van der Waals surface area contributed by atoms with Crippen LogP contribution in [0.5, 0.6) is 0 Å². The number of fused-ring (bicyclic) bond motifs is 9. The average Bonchev–Trinajstić information content (AvgIpc) is 3.72. The summed E-state index contributed by atoms with van der Waals surface area (Å²) in [6.07, 6.45) is 0. The van der Waals surface area contributed by atoms with E-state index in [0.717, 1.165) is 32.7 Å². The van der Waals surface area contributed by atoms with E-state index < -0.39 is 107 Å². The molecular weight excluding hydrogens is 617 g/mol. The average molecular weight is 662 g/mol. The Morgan fingerprint density at radius 1 is 0.353 bits per heavy atom. The predicted octanol–water partition coefficient (Wildman–Crippen LogP) is 14.4. The Labute approximate surface area is 315 Å². The molecule has 1 aromatic heterocycles. The van der Waals surface area contributed by atoms with Crippen molar-refractivity contribution in [1.29, 1.82) is 0 Å². The van der Waals surface area contributed by atoms with Gasteiger partial charge in [0, 0.05) is 10.8 Å². The largest absolute Gasteiger partial charge is 0.456 e. The molecule has 0 fully saturated rings. The molecule has 0 aliphatic rings. The third kappa shape index (κ3) is 4.16. The molecule has 0 N–H and O–H groups in total. The van der Waals surface area contributed by atoms with Crippen molar-refractivity contribution < 1.29 is 25.0 Å². The van der Waals surface area contributed by atoms with Crippen LogP contribution < -0.4 is 0 Å². The quantitative estimate of drug-likeness (QED) is 0.172. The van der Waals surface area contributed by atoms with Gasteiger partial charge in [-0.15, -0.1) is 0 Å². The van der Waals surface area contributed by atoms with E-state index in [9.17, 15) is 6.85 Å². The summed E-state index contributed by atoms with van der Waals surface area (Å²) >= 11 is 0. The molecule has 10 aromatic carbocycles. The second kappa shape index (κ2) is 10.9. The Bertz CT molecular complexity index is 3970. The summed E-state index contributed by atoms with van der Waals surface area (Å²) in [5.74, 6) is 0.